The Labute approximate surface area is 214 Å². The minimum atomic E-state index is -4.33. The van der Waals surface area contributed by atoms with E-state index in [1.165, 1.54) is 36.5 Å². The van der Waals surface area contributed by atoms with Gasteiger partial charge in [-0.05, 0) is 48.9 Å². The maximum Gasteiger partial charge on any atom is 0.258 e. The number of anilines is 1. The zero-order chi connectivity index (χ0) is 25.8. The van der Waals surface area contributed by atoms with Gasteiger partial charge >= 0.3 is 0 Å². The van der Waals surface area contributed by atoms with Crippen LogP contribution >= 0.6 is 0 Å². The van der Waals surface area contributed by atoms with Crippen LogP contribution in [0.5, 0.6) is 0 Å². The summed E-state index contributed by atoms with van der Waals surface area (Å²) in [7, 11) is -4.33. The van der Waals surface area contributed by atoms with Crippen LogP contribution in [0.2, 0.25) is 0 Å². The summed E-state index contributed by atoms with van der Waals surface area (Å²) in [6.45, 7) is 2.08. The van der Waals surface area contributed by atoms with Crippen LogP contribution in [0.1, 0.15) is 22.3 Å². The van der Waals surface area contributed by atoms with Gasteiger partial charge < -0.3 is 9.88 Å². The number of hydrogen-bond acceptors (Lipinski definition) is 3. The van der Waals surface area contributed by atoms with E-state index >= 15 is 0 Å². The number of aromatic nitrogens is 1. The molecule has 184 valence electrons. The standard InChI is InChI=1S/C30H23FN2O3S/c1-20-11-14-23(15-12-20)37(35,36)30(26-18-32-27-17-22(31)13-16-24(26)27)25-9-5-6-10-28(25)33(29(30)34)19-21-7-3-2-4-8-21/h2-18,32H,19H2,1H3. The monoisotopic (exact) mass is 510 g/mol. The predicted molar refractivity (Wildman–Crippen MR) is 141 cm³/mol. The van der Waals surface area contributed by atoms with Crippen molar-refractivity contribution in [3.05, 3.63) is 131 Å². The number of carbonyl (C=O) groups is 1. The van der Waals surface area contributed by atoms with Crippen LogP contribution < -0.4 is 4.90 Å². The highest BCUT2D eigenvalue weighted by molar-refractivity contribution is 7.93. The Kier molecular flexibility index (Phi) is 5.28. The lowest BCUT2D eigenvalue weighted by molar-refractivity contribution is -0.119. The lowest BCUT2D eigenvalue weighted by Gasteiger charge is -2.29. The van der Waals surface area contributed by atoms with Crippen molar-refractivity contribution >= 4 is 32.3 Å². The molecule has 1 aromatic heterocycles. The number of nitrogens with zero attached hydrogens (tertiary/aromatic N) is 1. The molecule has 1 atom stereocenters. The zero-order valence-electron chi connectivity index (χ0n) is 20.0. The summed E-state index contributed by atoms with van der Waals surface area (Å²) in [6.07, 6.45) is 1.52. The van der Waals surface area contributed by atoms with Crippen molar-refractivity contribution in [2.24, 2.45) is 0 Å². The first-order chi connectivity index (χ1) is 17.8. The predicted octanol–water partition coefficient (Wildman–Crippen LogP) is 5.88. The van der Waals surface area contributed by atoms with Gasteiger partial charge in [0.2, 0.25) is 14.6 Å². The van der Waals surface area contributed by atoms with Crippen molar-refractivity contribution < 1.29 is 17.6 Å². The molecule has 37 heavy (non-hydrogen) atoms. The molecule has 0 bridgehead atoms. The van der Waals surface area contributed by atoms with Gasteiger partial charge in [0.25, 0.3) is 5.91 Å². The molecule has 7 heteroatoms. The second kappa shape index (κ2) is 8.42. The van der Waals surface area contributed by atoms with E-state index < -0.39 is 26.3 Å². The number of fused-ring (bicyclic) bond motifs is 2. The van der Waals surface area contributed by atoms with Gasteiger partial charge in [0.15, 0.2) is 0 Å². The van der Waals surface area contributed by atoms with E-state index in [4.69, 9.17) is 0 Å². The maximum absolute atomic E-state index is 14.7. The van der Waals surface area contributed by atoms with E-state index in [1.807, 2.05) is 37.3 Å². The minimum Gasteiger partial charge on any atom is -0.361 e. The molecule has 4 aromatic carbocycles. The zero-order valence-corrected chi connectivity index (χ0v) is 20.8. The van der Waals surface area contributed by atoms with Crippen molar-refractivity contribution in [1.82, 2.24) is 4.98 Å². The fraction of sp³-hybridized carbons (Fsp3) is 0.100. The van der Waals surface area contributed by atoms with Crippen molar-refractivity contribution in [2.75, 3.05) is 4.90 Å². The average molecular weight is 511 g/mol. The summed E-state index contributed by atoms with van der Waals surface area (Å²) >= 11 is 0. The van der Waals surface area contributed by atoms with Gasteiger partial charge in [-0.2, -0.15) is 0 Å². The van der Waals surface area contributed by atoms with E-state index in [0.29, 0.717) is 22.2 Å². The van der Waals surface area contributed by atoms with Crippen molar-refractivity contribution in [1.29, 1.82) is 0 Å². The number of nitrogens with one attached hydrogen (secondary N) is 1. The van der Waals surface area contributed by atoms with Crippen molar-refractivity contribution in [2.45, 2.75) is 23.1 Å². The van der Waals surface area contributed by atoms with Crippen LogP contribution in [0.15, 0.2) is 108 Å². The lowest BCUT2D eigenvalue weighted by atomic mass is 9.91. The fourth-order valence-corrected chi connectivity index (χ4v) is 7.40. The largest absolute Gasteiger partial charge is 0.361 e. The lowest BCUT2D eigenvalue weighted by Crippen LogP contribution is -2.46. The first kappa shape index (κ1) is 23.2. The number of sulfone groups is 1. The summed E-state index contributed by atoms with van der Waals surface area (Å²) in [5, 5.41) is 0.474. The van der Waals surface area contributed by atoms with Gasteiger partial charge in [-0.1, -0.05) is 66.2 Å². The highest BCUT2D eigenvalue weighted by atomic mass is 32.2. The van der Waals surface area contributed by atoms with E-state index in [9.17, 15) is 17.6 Å². The fourth-order valence-electron chi connectivity index (χ4n) is 5.29. The van der Waals surface area contributed by atoms with Gasteiger partial charge in [0.05, 0.1) is 11.4 Å². The maximum atomic E-state index is 14.7. The number of H-pyrrole nitrogens is 1. The molecule has 0 aliphatic carbocycles. The average Bonchev–Trinajstić information content (AvgIpc) is 3.42. The molecule has 1 aliphatic rings. The molecule has 1 unspecified atom stereocenters. The van der Waals surface area contributed by atoms with Crippen LogP contribution in [-0.2, 0) is 25.9 Å². The van der Waals surface area contributed by atoms with Crippen LogP contribution in [0.3, 0.4) is 0 Å². The van der Waals surface area contributed by atoms with Gasteiger partial charge in [0.1, 0.15) is 5.82 Å². The van der Waals surface area contributed by atoms with E-state index in [1.54, 1.807) is 41.3 Å². The normalized spacial score (nSPS) is 17.4. The third-order valence-electron chi connectivity index (χ3n) is 7.06. The van der Waals surface area contributed by atoms with Gasteiger partial charge in [-0.15, -0.1) is 0 Å². The topological polar surface area (TPSA) is 70.2 Å². The Bertz CT molecular complexity index is 1760. The number of carbonyl (C=O) groups excluding carboxylic acids is 1. The molecule has 6 rings (SSSR count). The quantitative estimate of drug-likeness (QED) is 0.321. The number of amides is 1. The van der Waals surface area contributed by atoms with Gasteiger partial charge in [0, 0.05) is 33.9 Å². The molecular weight excluding hydrogens is 487 g/mol. The summed E-state index contributed by atoms with van der Waals surface area (Å²) in [5.74, 6) is -1.02. The van der Waals surface area contributed by atoms with Crippen LogP contribution in [0, 0.1) is 12.7 Å². The number of hydrogen-bond donors (Lipinski definition) is 1. The molecule has 0 saturated carbocycles. The van der Waals surface area contributed by atoms with Gasteiger partial charge in [-0.25, -0.2) is 12.8 Å². The molecule has 2 heterocycles. The van der Waals surface area contributed by atoms with Crippen molar-refractivity contribution in [3.63, 3.8) is 0 Å². The summed E-state index contributed by atoms with van der Waals surface area (Å²) in [5.41, 5.74) is 3.37. The molecule has 1 aliphatic heterocycles. The van der Waals surface area contributed by atoms with Crippen LogP contribution in [0.4, 0.5) is 10.1 Å². The number of benzene rings is 4. The number of halogens is 1. The van der Waals surface area contributed by atoms with Crippen LogP contribution in [-0.4, -0.2) is 19.3 Å². The minimum absolute atomic E-state index is 0.0410. The molecule has 1 N–H and O–H groups in total. The summed E-state index contributed by atoms with van der Waals surface area (Å²) in [6, 6.07) is 27.1. The highest BCUT2D eigenvalue weighted by Gasteiger charge is 2.62. The van der Waals surface area contributed by atoms with Gasteiger partial charge in [-0.3, -0.25) is 4.79 Å². The summed E-state index contributed by atoms with van der Waals surface area (Å²) < 4.78 is 41.4. The first-order valence-corrected chi connectivity index (χ1v) is 13.4. The molecule has 0 spiro atoms. The first-order valence-electron chi connectivity index (χ1n) is 11.9. The second-order valence-corrected chi connectivity index (χ2v) is 11.4. The second-order valence-electron chi connectivity index (χ2n) is 9.28. The Balaban J connectivity index is 1.68. The molecule has 0 fully saturated rings. The third kappa shape index (κ3) is 3.34. The number of para-hydroxylation sites is 1. The van der Waals surface area contributed by atoms with Crippen molar-refractivity contribution in [3.8, 4) is 0 Å². The SMILES string of the molecule is Cc1ccc(S(=O)(=O)C2(c3c[nH]c4cc(F)ccc34)C(=O)N(Cc3ccccc3)c3ccccc32)cc1. The smallest absolute Gasteiger partial charge is 0.258 e. The molecule has 0 radical (unpaired) electrons. The molecule has 1 amide bonds. The Morgan fingerprint density at radius 1 is 0.865 bits per heavy atom. The summed E-state index contributed by atoms with van der Waals surface area (Å²) in [4.78, 5) is 19.2. The molecule has 5 aromatic rings. The number of rotatable bonds is 5. The Morgan fingerprint density at radius 3 is 2.32 bits per heavy atom. The third-order valence-corrected chi connectivity index (χ3v) is 9.37. The molecule has 0 saturated heterocycles. The van der Waals surface area contributed by atoms with E-state index in [-0.39, 0.29) is 17.0 Å². The molecular formula is C30H23FN2O3S. The van der Waals surface area contributed by atoms with E-state index in [0.717, 1.165) is 11.1 Å². The van der Waals surface area contributed by atoms with E-state index in [2.05, 4.69) is 4.98 Å². The number of aryl methyl sites for hydroxylation is 1. The van der Waals surface area contributed by atoms with Crippen LogP contribution in [0.25, 0.3) is 10.9 Å². The Morgan fingerprint density at radius 2 is 1.57 bits per heavy atom. The number of aromatic amines is 1. The molecule has 5 nitrogen and oxygen atoms in total. The Hall–Kier alpha value is -4.23. The highest BCUT2D eigenvalue weighted by Crippen LogP contribution is 2.53.